The second-order valence-electron chi connectivity index (χ2n) is 9.18. The second-order valence-corrected chi connectivity index (χ2v) is 9.18. The van der Waals surface area contributed by atoms with Crippen LogP contribution in [0.15, 0.2) is 72.8 Å². The van der Waals surface area contributed by atoms with Crippen LogP contribution in [0.4, 0.5) is 11.4 Å². The zero-order valence-electron chi connectivity index (χ0n) is 18.9. The maximum atomic E-state index is 13.8. The number of nitro benzene ring substituents is 1. The minimum atomic E-state index is -2.16. The summed E-state index contributed by atoms with van der Waals surface area (Å²) in [5.74, 6) is -5.16. The second kappa shape index (κ2) is 7.50. The normalized spacial score (nSPS) is 23.9. The lowest BCUT2D eigenvalue weighted by Gasteiger charge is -2.27. The number of Topliss-reactive ketones (excluding diaryl/α,β-unsaturated/α-hetero) is 2. The fraction of sp³-hybridized carbons (Fsp3) is 0.185. The van der Waals surface area contributed by atoms with E-state index < -0.39 is 51.8 Å². The average molecular weight is 482 g/mol. The summed E-state index contributed by atoms with van der Waals surface area (Å²) < 4.78 is 6.23. The predicted octanol–water partition coefficient (Wildman–Crippen LogP) is 3.60. The van der Waals surface area contributed by atoms with E-state index in [1.165, 1.54) is 36.4 Å². The molecule has 3 aromatic carbocycles. The fourth-order valence-corrected chi connectivity index (χ4v) is 5.55. The lowest BCUT2D eigenvalue weighted by molar-refractivity contribution is -0.384. The Morgan fingerprint density at radius 3 is 1.97 bits per heavy atom. The van der Waals surface area contributed by atoms with E-state index in [9.17, 15) is 29.3 Å². The van der Waals surface area contributed by atoms with Gasteiger partial charge in [0.15, 0.2) is 0 Å². The van der Waals surface area contributed by atoms with Gasteiger partial charge in [0.05, 0.1) is 28.6 Å². The fourth-order valence-electron chi connectivity index (χ4n) is 5.55. The van der Waals surface area contributed by atoms with Crippen molar-refractivity contribution in [1.29, 1.82) is 0 Å². The molecule has 0 unspecified atom stereocenters. The number of nitrogens with zero attached hydrogens (tertiary/aromatic N) is 2. The monoisotopic (exact) mass is 482 g/mol. The zero-order valence-corrected chi connectivity index (χ0v) is 18.9. The Morgan fingerprint density at radius 1 is 0.833 bits per heavy atom. The number of hydrogen-bond acceptors (Lipinski definition) is 7. The molecule has 36 heavy (non-hydrogen) atoms. The maximum absolute atomic E-state index is 13.8. The maximum Gasteiger partial charge on any atom is 0.269 e. The molecule has 0 aromatic heterocycles. The van der Waals surface area contributed by atoms with Crippen molar-refractivity contribution >= 4 is 34.8 Å². The summed E-state index contributed by atoms with van der Waals surface area (Å²) >= 11 is 0. The summed E-state index contributed by atoms with van der Waals surface area (Å²) in [4.78, 5) is 66.4. The number of benzene rings is 3. The number of rotatable bonds is 3. The number of hydrogen-bond donors (Lipinski definition) is 0. The van der Waals surface area contributed by atoms with E-state index in [0.29, 0.717) is 5.56 Å². The van der Waals surface area contributed by atoms with Crippen molar-refractivity contribution in [2.24, 2.45) is 11.8 Å². The van der Waals surface area contributed by atoms with Crippen molar-refractivity contribution < 1.29 is 28.8 Å². The third kappa shape index (κ3) is 2.74. The van der Waals surface area contributed by atoms with E-state index in [1.54, 1.807) is 24.3 Å². The number of ether oxygens (including phenoxy) is 1. The molecule has 2 heterocycles. The molecule has 178 valence electrons. The molecule has 6 rings (SSSR count). The van der Waals surface area contributed by atoms with Gasteiger partial charge in [0, 0.05) is 23.3 Å². The molecule has 0 saturated carbocycles. The van der Waals surface area contributed by atoms with Gasteiger partial charge in [-0.3, -0.25) is 29.3 Å². The highest BCUT2D eigenvalue weighted by atomic mass is 16.6. The highest BCUT2D eigenvalue weighted by Crippen LogP contribution is 2.57. The molecule has 3 atom stereocenters. The first-order valence-electron chi connectivity index (χ1n) is 11.3. The van der Waals surface area contributed by atoms with Crippen molar-refractivity contribution in [1.82, 2.24) is 0 Å². The number of anilines is 1. The number of amides is 2. The lowest BCUT2D eigenvalue weighted by Crippen LogP contribution is -2.51. The number of carbonyl (C=O) groups is 4. The Labute approximate surface area is 204 Å². The van der Waals surface area contributed by atoms with E-state index in [4.69, 9.17) is 4.74 Å². The van der Waals surface area contributed by atoms with Crippen LogP contribution in [0.5, 0.6) is 0 Å². The Balaban J connectivity index is 1.51. The number of fused-ring (bicyclic) bond motifs is 3. The van der Waals surface area contributed by atoms with Gasteiger partial charge < -0.3 is 4.74 Å². The summed E-state index contributed by atoms with van der Waals surface area (Å²) in [6.07, 6.45) is -1.02. The number of carbonyl (C=O) groups excluding carboxylic acids is 4. The van der Waals surface area contributed by atoms with Crippen LogP contribution in [0, 0.1) is 28.9 Å². The SMILES string of the molecule is Cc1ccc([C@@H]2OC3(C(=O)c4ccccc4C3=O)[C@H]3C(=O)N(c4ccc([N+](=O)[O-])cc4)C(=O)[C@@H]23)cc1. The van der Waals surface area contributed by atoms with Crippen molar-refractivity contribution in [3.05, 3.63) is 105 Å². The molecule has 2 aliphatic heterocycles. The van der Waals surface area contributed by atoms with Crippen LogP contribution in [0.25, 0.3) is 0 Å². The topological polar surface area (TPSA) is 124 Å². The first kappa shape index (κ1) is 22.0. The molecule has 3 aromatic rings. The van der Waals surface area contributed by atoms with Crippen molar-refractivity contribution in [2.75, 3.05) is 4.90 Å². The van der Waals surface area contributed by atoms with Crippen molar-refractivity contribution in [3.63, 3.8) is 0 Å². The molecule has 9 nitrogen and oxygen atoms in total. The number of aryl methyl sites for hydroxylation is 1. The predicted molar refractivity (Wildman–Crippen MR) is 125 cm³/mol. The van der Waals surface area contributed by atoms with Gasteiger partial charge in [-0.15, -0.1) is 0 Å². The van der Waals surface area contributed by atoms with Gasteiger partial charge in [-0.05, 0) is 24.6 Å². The first-order valence-corrected chi connectivity index (χ1v) is 11.3. The van der Waals surface area contributed by atoms with E-state index in [0.717, 1.165) is 10.5 Å². The van der Waals surface area contributed by atoms with Gasteiger partial charge in [-0.25, -0.2) is 4.90 Å². The molecule has 2 amide bonds. The molecule has 9 heteroatoms. The molecular formula is C27H18N2O7. The molecule has 3 aliphatic rings. The van der Waals surface area contributed by atoms with E-state index in [-0.39, 0.29) is 22.5 Å². The van der Waals surface area contributed by atoms with Crippen LogP contribution in [0.2, 0.25) is 0 Å². The zero-order chi connectivity index (χ0) is 25.4. The highest BCUT2D eigenvalue weighted by Gasteiger charge is 2.74. The smallest absolute Gasteiger partial charge is 0.269 e. The summed E-state index contributed by atoms with van der Waals surface area (Å²) in [7, 11) is 0. The van der Waals surface area contributed by atoms with Crippen LogP contribution in [0.1, 0.15) is 37.9 Å². The van der Waals surface area contributed by atoms with Crippen LogP contribution < -0.4 is 4.90 Å². The first-order chi connectivity index (χ1) is 17.3. The van der Waals surface area contributed by atoms with Gasteiger partial charge in [0.25, 0.3) is 5.69 Å². The lowest BCUT2D eigenvalue weighted by atomic mass is 9.77. The Bertz CT molecular complexity index is 1460. The van der Waals surface area contributed by atoms with Gasteiger partial charge in [0.2, 0.25) is 29.0 Å². The van der Waals surface area contributed by atoms with Crippen LogP contribution in [-0.4, -0.2) is 33.9 Å². The summed E-state index contributed by atoms with van der Waals surface area (Å²) in [6, 6.07) is 18.4. The standard InChI is InChI=1S/C27H18N2O7/c1-14-6-8-15(9-7-14)22-20-21(27(36-22)23(30)18-4-2-3-5-19(18)24(27)31)26(33)28(25(20)32)16-10-12-17(13-11-16)29(34)35/h2-13,20-22H,1H3/t20-,21-,22+/m1/s1. The highest BCUT2D eigenvalue weighted by molar-refractivity contribution is 6.37. The average Bonchev–Trinajstić information content (AvgIpc) is 3.44. The van der Waals surface area contributed by atoms with E-state index in [2.05, 4.69) is 0 Å². The Hall–Kier alpha value is -4.50. The van der Waals surface area contributed by atoms with Gasteiger partial charge >= 0.3 is 0 Å². The van der Waals surface area contributed by atoms with E-state index in [1.807, 2.05) is 19.1 Å². The number of imide groups is 1. The molecular weight excluding hydrogens is 464 g/mol. The van der Waals surface area contributed by atoms with Gasteiger partial charge in [0.1, 0.15) is 0 Å². The Kier molecular flexibility index (Phi) is 4.58. The number of nitro groups is 1. The molecule has 2 fully saturated rings. The van der Waals surface area contributed by atoms with Crippen molar-refractivity contribution in [2.45, 2.75) is 18.6 Å². The molecule has 0 bridgehead atoms. The number of ketones is 2. The van der Waals surface area contributed by atoms with Crippen LogP contribution in [-0.2, 0) is 14.3 Å². The molecule has 2 saturated heterocycles. The van der Waals surface area contributed by atoms with Crippen LogP contribution >= 0.6 is 0 Å². The molecule has 0 N–H and O–H groups in total. The number of non-ortho nitro benzene ring substituents is 1. The summed E-state index contributed by atoms with van der Waals surface area (Å²) in [5, 5.41) is 11.1. The molecule has 1 spiro atoms. The molecule has 1 aliphatic carbocycles. The van der Waals surface area contributed by atoms with Gasteiger partial charge in [-0.1, -0.05) is 54.1 Å². The quantitative estimate of drug-likeness (QED) is 0.242. The third-order valence-electron chi connectivity index (χ3n) is 7.24. The largest absolute Gasteiger partial charge is 0.349 e. The van der Waals surface area contributed by atoms with E-state index >= 15 is 0 Å². The van der Waals surface area contributed by atoms with Crippen molar-refractivity contribution in [3.8, 4) is 0 Å². The minimum absolute atomic E-state index is 0.123. The minimum Gasteiger partial charge on any atom is -0.349 e. The Morgan fingerprint density at radius 2 is 1.42 bits per heavy atom. The summed E-state index contributed by atoms with van der Waals surface area (Å²) in [5.41, 5.74) is -0.406. The van der Waals surface area contributed by atoms with Gasteiger partial charge in [-0.2, -0.15) is 0 Å². The molecule has 0 radical (unpaired) electrons. The van der Waals surface area contributed by atoms with Crippen LogP contribution in [0.3, 0.4) is 0 Å². The third-order valence-corrected chi connectivity index (χ3v) is 7.24. The summed E-state index contributed by atoms with van der Waals surface area (Å²) in [6.45, 7) is 1.89.